The number of hydrogen-bond acceptors (Lipinski definition) is 5. The van der Waals surface area contributed by atoms with Gasteiger partial charge in [-0.1, -0.05) is 48.8 Å². The third-order valence-electron chi connectivity index (χ3n) is 2.65. The lowest BCUT2D eigenvalue weighted by atomic mass is 10.1. The lowest BCUT2D eigenvalue weighted by Crippen LogP contribution is -2.21. The third kappa shape index (κ3) is 4.37. The highest BCUT2D eigenvalue weighted by molar-refractivity contribution is 5.26. The Hall–Kier alpha value is -1.88. The van der Waals surface area contributed by atoms with Gasteiger partial charge in [-0.2, -0.15) is 0 Å². The summed E-state index contributed by atoms with van der Waals surface area (Å²) >= 11 is 0. The molecule has 0 spiro atoms. The van der Waals surface area contributed by atoms with Gasteiger partial charge in [0.05, 0.1) is 6.54 Å². The van der Waals surface area contributed by atoms with Crippen LogP contribution in [-0.2, 0) is 13.1 Å². The maximum atomic E-state index is 5.49. The van der Waals surface area contributed by atoms with Gasteiger partial charge >= 0.3 is 6.01 Å². The number of anilines is 1. The fourth-order valence-electron chi connectivity index (χ4n) is 1.69. The largest absolute Gasteiger partial charge is 0.407 e. The SMILES string of the molecule is Cc1cccc(CNc2nnc(CNC(C)C)o2)c1. The molecule has 0 radical (unpaired) electrons. The molecule has 0 aliphatic carbocycles. The number of rotatable bonds is 6. The van der Waals surface area contributed by atoms with Crippen molar-refractivity contribution in [1.29, 1.82) is 0 Å². The summed E-state index contributed by atoms with van der Waals surface area (Å²) in [6, 6.07) is 9.17. The molecule has 0 atom stereocenters. The van der Waals surface area contributed by atoms with Gasteiger partial charge in [0.25, 0.3) is 0 Å². The zero-order valence-electron chi connectivity index (χ0n) is 11.6. The number of nitrogens with one attached hydrogen (secondary N) is 2. The van der Waals surface area contributed by atoms with Gasteiger partial charge in [0.1, 0.15) is 0 Å². The molecule has 2 rings (SSSR count). The van der Waals surface area contributed by atoms with Crippen molar-refractivity contribution in [2.75, 3.05) is 5.32 Å². The summed E-state index contributed by atoms with van der Waals surface area (Å²) in [7, 11) is 0. The molecule has 0 aliphatic rings. The summed E-state index contributed by atoms with van der Waals surface area (Å²) in [5.74, 6) is 0.598. The van der Waals surface area contributed by atoms with E-state index >= 15 is 0 Å². The number of nitrogens with zero attached hydrogens (tertiary/aromatic N) is 2. The first-order valence-electron chi connectivity index (χ1n) is 6.48. The van der Waals surface area contributed by atoms with Crippen molar-refractivity contribution in [3.8, 4) is 0 Å². The van der Waals surface area contributed by atoms with Crippen molar-refractivity contribution in [2.45, 2.75) is 39.9 Å². The quantitative estimate of drug-likeness (QED) is 0.835. The minimum Gasteiger partial charge on any atom is -0.407 e. The van der Waals surface area contributed by atoms with Crippen LogP contribution in [0, 0.1) is 6.92 Å². The van der Waals surface area contributed by atoms with E-state index in [0.717, 1.165) is 0 Å². The van der Waals surface area contributed by atoms with Crippen molar-refractivity contribution in [2.24, 2.45) is 0 Å². The molecule has 5 nitrogen and oxygen atoms in total. The van der Waals surface area contributed by atoms with E-state index in [0.29, 0.717) is 31.0 Å². The lowest BCUT2D eigenvalue weighted by Gasteiger charge is -2.04. The van der Waals surface area contributed by atoms with Crippen LogP contribution in [0.1, 0.15) is 30.9 Å². The standard InChI is InChI=1S/C14H20N4O/c1-10(2)15-9-13-17-18-14(19-13)16-8-12-6-4-5-11(3)7-12/h4-7,10,15H,8-9H2,1-3H3,(H,16,18). The van der Waals surface area contributed by atoms with Gasteiger partial charge in [-0.25, -0.2) is 0 Å². The number of hydrogen-bond donors (Lipinski definition) is 2. The van der Waals surface area contributed by atoms with Crippen molar-refractivity contribution in [3.05, 3.63) is 41.3 Å². The van der Waals surface area contributed by atoms with Gasteiger partial charge in [0.2, 0.25) is 5.89 Å². The molecule has 0 fully saturated rings. The normalized spacial score (nSPS) is 10.9. The van der Waals surface area contributed by atoms with Gasteiger partial charge in [0, 0.05) is 12.6 Å². The topological polar surface area (TPSA) is 63.0 Å². The van der Waals surface area contributed by atoms with Crippen molar-refractivity contribution in [1.82, 2.24) is 15.5 Å². The molecule has 0 aliphatic heterocycles. The molecule has 0 saturated carbocycles. The molecule has 102 valence electrons. The van der Waals surface area contributed by atoms with Crippen LogP contribution in [0.3, 0.4) is 0 Å². The molecule has 1 aromatic heterocycles. The number of aryl methyl sites for hydroxylation is 1. The fraction of sp³-hybridized carbons (Fsp3) is 0.429. The summed E-state index contributed by atoms with van der Waals surface area (Å²) < 4.78 is 5.49. The van der Waals surface area contributed by atoms with Gasteiger partial charge in [-0.05, 0) is 12.5 Å². The summed E-state index contributed by atoms with van der Waals surface area (Å²) in [6.07, 6.45) is 0. The molecule has 0 amide bonds. The van der Waals surface area contributed by atoms with Crippen LogP contribution < -0.4 is 10.6 Å². The van der Waals surface area contributed by atoms with Gasteiger partial charge in [-0.3, -0.25) is 0 Å². The Morgan fingerprint density at radius 2 is 2.05 bits per heavy atom. The smallest absolute Gasteiger partial charge is 0.315 e. The van der Waals surface area contributed by atoms with E-state index in [1.807, 2.05) is 6.07 Å². The predicted molar refractivity (Wildman–Crippen MR) is 74.8 cm³/mol. The Balaban J connectivity index is 1.86. The van der Waals surface area contributed by atoms with Gasteiger partial charge < -0.3 is 15.1 Å². The Bertz CT molecular complexity index is 522. The molecule has 0 bridgehead atoms. The van der Waals surface area contributed by atoms with E-state index in [1.54, 1.807) is 0 Å². The van der Waals surface area contributed by atoms with Gasteiger partial charge in [0.15, 0.2) is 0 Å². The van der Waals surface area contributed by atoms with E-state index < -0.39 is 0 Å². The minimum atomic E-state index is 0.399. The van der Waals surface area contributed by atoms with E-state index in [-0.39, 0.29) is 0 Å². The van der Waals surface area contributed by atoms with Crippen molar-refractivity contribution in [3.63, 3.8) is 0 Å². The highest BCUT2D eigenvalue weighted by atomic mass is 16.4. The molecule has 1 heterocycles. The Kier molecular flexibility index (Phi) is 4.52. The number of benzene rings is 1. The molecule has 1 aromatic carbocycles. The molecule has 0 unspecified atom stereocenters. The van der Waals surface area contributed by atoms with Crippen LogP contribution in [0.25, 0.3) is 0 Å². The summed E-state index contributed by atoms with van der Waals surface area (Å²) in [5.41, 5.74) is 2.44. The number of aromatic nitrogens is 2. The highest BCUT2D eigenvalue weighted by Gasteiger charge is 2.05. The summed E-state index contributed by atoms with van der Waals surface area (Å²) in [4.78, 5) is 0. The molecule has 0 saturated heterocycles. The average Bonchev–Trinajstić information content (AvgIpc) is 2.82. The van der Waals surface area contributed by atoms with E-state index in [9.17, 15) is 0 Å². The van der Waals surface area contributed by atoms with Gasteiger partial charge in [-0.15, -0.1) is 5.10 Å². The van der Waals surface area contributed by atoms with Crippen LogP contribution in [0.5, 0.6) is 0 Å². The van der Waals surface area contributed by atoms with E-state index in [4.69, 9.17) is 4.42 Å². The van der Waals surface area contributed by atoms with Crippen LogP contribution in [0.2, 0.25) is 0 Å². The second-order valence-electron chi connectivity index (χ2n) is 4.88. The Morgan fingerprint density at radius 3 is 2.79 bits per heavy atom. The minimum absolute atomic E-state index is 0.399. The molecular formula is C14H20N4O. The predicted octanol–water partition coefficient (Wildman–Crippen LogP) is 2.49. The van der Waals surface area contributed by atoms with E-state index in [2.05, 4.69) is 59.8 Å². The van der Waals surface area contributed by atoms with Crippen LogP contribution in [-0.4, -0.2) is 16.2 Å². The zero-order valence-corrected chi connectivity index (χ0v) is 11.6. The molecule has 19 heavy (non-hydrogen) atoms. The van der Waals surface area contributed by atoms with E-state index in [1.165, 1.54) is 11.1 Å². The molecule has 2 N–H and O–H groups in total. The maximum Gasteiger partial charge on any atom is 0.315 e. The zero-order chi connectivity index (χ0) is 13.7. The fourth-order valence-corrected chi connectivity index (χ4v) is 1.69. The van der Waals surface area contributed by atoms with Crippen molar-refractivity contribution < 1.29 is 4.42 Å². The first-order chi connectivity index (χ1) is 9.13. The summed E-state index contributed by atoms with van der Waals surface area (Å²) in [5, 5.41) is 14.3. The third-order valence-corrected chi connectivity index (χ3v) is 2.65. The first kappa shape index (κ1) is 13.5. The van der Waals surface area contributed by atoms with Crippen LogP contribution in [0.4, 0.5) is 6.01 Å². The maximum absolute atomic E-state index is 5.49. The second kappa shape index (κ2) is 6.33. The molecular weight excluding hydrogens is 240 g/mol. The van der Waals surface area contributed by atoms with Crippen LogP contribution >= 0.6 is 0 Å². The Labute approximate surface area is 113 Å². The lowest BCUT2D eigenvalue weighted by molar-refractivity contribution is 0.458. The second-order valence-corrected chi connectivity index (χ2v) is 4.88. The monoisotopic (exact) mass is 260 g/mol. The first-order valence-corrected chi connectivity index (χ1v) is 6.48. The van der Waals surface area contributed by atoms with Crippen LogP contribution in [0.15, 0.2) is 28.7 Å². The molecule has 5 heteroatoms. The average molecular weight is 260 g/mol. The highest BCUT2D eigenvalue weighted by Crippen LogP contribution is 2.09. The van der Waals surface area contributed by atoms with Crippen molar-refractivity contribution >= 4 is 6.01 Å². The Morgan fingerprint density at radius 1 is 1.21 bits per heavy atom. The summed E-state index contributed by atoms with van der Waals surface area (Å²) in [6.45, 7) is 7.50. The molecule has 2 aromatic rings.